The molecule has 19 heavy (non-hydrogen) atoms. The minimum absolute atomic E-state index is 0.0415. The molecule has 5 nitrogen and oxygen atoms in total. The molecule has 0 radical (unpaired) electrons. The summed E-state index contributed by atoms with van der Waals surface area (Å²) in [5.41, 5.74) is 0.808. The molecular weight excluding hydrogens is 244 g/mol. The molecule has 0 saturated carbocycles. The highest BCUT2D eigenvalue weighted by atomic mass is 16.4. The van der Waals surface area contributed by atoms with Crippen LogP contribution in [0, 0.1) is 0 Å². The van der Waals surface area contributed by atoms with E-state index in [2.05, 4.69) is 0 Å². The van der Waals surface area contributed by atoms with Crippen molar-refractivity contribution in [3.63, 3.8) is 0 Å². The van der Waals surface area contributed by atoms with Gasteiger partial charge in [0.1, 0.15) is 6.54 Å². The summed E-state index contributed by atoms with van der Waals surface area (Å²) in [6.07, 6.45) is 1.75. The molecular formula is C14H16N2O3. The molecule has 0 spiro atoms. The number of carbonyl (C=O) groups excluding carboxylic acids is 1. The first-order valence-electron chi connectivity index (χ1n) is 6.09. The average Bonchev–Trinajstić information content (AvgIpc) is 2.80. The number of rotatable bonds is 4. The number of carboxylic acids is 1. The molecule has 1 aromatic heterocycles. The van der Waals surface area contributed by atoms with Gasteiger partial charge >= 0.3 is 5.97 Å². The number of para-hydroxylation sites is 1. The summed E-state index contributed by atoms with van der Waals surface area (Å²) < 4.78 is 1.69. The lowest BCUT2D eigenvalue weighted by molar-refractivity contribution is -0.130. The Balaban J connectivity index is 2.44. The van der Waals surface area contributed by atoms with Crippen LogP contribution >= 0.6 is 0 Å². The minimum Gasteiger partial charge on any atom is -0.478 e. The van der Waals surface area contributed by atoms with Crippen LogP contribution in [0.15, 0.2) is 30.5 Å². The second kappa shape index (κ2) is 5.14. The van der Waals surface area contributed by atoms with Gasteiger partial charge in [0.2, 0.25) is 5.91 Å². The zero-order chi connectivity index (χ0) is 14.0. The number of hydrogen-bond donors (Lipinski definition) is 1. The summed E-state index contributed by atoms with van der Waals surface area (Å²) >= 11 is 0. The van der Waals surface area contributed by atoms with Gasteiger partial charge in [-0.25, -0.2) is 4.79 Å². The van der Waals surface area contributed by atoms with Crippen molar-refractivity contribution in [1.29, 1.82) is 0 Å². The maximum absolute atomic E-state index is 11.9. The zero-order valence-corrected chi connectivity index (χ0v) is 11.0. The Kier molecular flexibility index (Phi) is 3.55. The van der Waals surface area contributed by atoms with E-state index in [0.29, 0.717) is 12.1 Å². The van der Waals surface area contributed by atoms with Gasteiger partial charge in [0.25, 0.3) is 0 Å². The van der Waals surface area contributed by atoms with Crippen molar-refractivity contribution in [1.82, 2.24) is 9.47 Å². The maximum atomic E-state index is 11.9. The van der Waals surface area contributed by atoms with Gasteiger partial charge in [0.15, 0.2) is 0 Å². The SMILES string of the molecule is CCN(C)C(=O)Cn1ccc2cccc(C(=O)O)c21. The normalized spacial score (nSPS) is 10.6. The third-order valence-corrected chi connectivity index (χ3v) is 3.22. The van der Waals surface area contributed by atoms with E-state index in [-0.39, 0.29) is 18.0 Å². The number of benzene rings is 1. The fourth-order valence-electron chi connectivity index (χ4n) is 2.01. The molecule has 1 N–H and O–H groups in total. The Morgan fingerprint density at radius 1 is 1.32 bits per heavy atom. The number of hydrogen-bond acceptors (Lipinski definition) is 2. The standard InChI is InChI=1S/C14H16N2O3/c1-3-15(2)12(17)9-16-8-7-10-5-4-6-11(13(10)16)14(18)19/h4-8H,3,9H2,1-2H3,(H,18,19). The first kappa shape index (κ1) is 13.1. The van der Waals surface area contributed by atoms with E-state index in [1.165, 1.54) is 0 Å². The van der Waals surface area contributed by atoms with Gasteiger partial charge in [-0.15, -0.1) is 0 Å². The highest BCUT2D eigenvalue weighted by molar-refractivity contribution is 6.02. The van der Waals surface area contributed by atoms with E-state index in [9.17, 15) is 14.7 Å². The second-order valence-electron chi connectivity index (χ2n) is 4.40. The van der Waals surface area contributed by atoms with E-state index in [1.807, 2.05) is 19.1 Å². The Labute approximate surface area is 111 Å². The molecule has 100 valence electrons. The second-order valence-corrected chi connectivity index (χ2v) is 4.40. The van der Waals surface area contributed by atoms with E-state index in [0.717, 1.165) is 5.39 Å². The third-order valence-electron chi connectivity index (χ3n) is 3.22. The average molecular weight is 260 g/mol. The lowest BCUT2D eigenvalue weighted by Crippen LogP contribution is -2.29. The minimum atomic E-state index is -0.984. The van der Waals surface area contributed by atoms with Crippen LogP contribution in [0.3, 0.4) is 0 Å². The summed E-state index contributed by atoms with van der Waals surface area (Å²) in [5.74, 6) is -1.03. The van der Waals surface area contributed by atoms with Gasteiger partial charge < -0.3 is 14.6 Å². The van der Waals surface area contributed by atoms with Gasteiger partial charge in [-0.05, 0) is 19.1 Å². The number of aromatic nitrogens is 1. The monoisotopic (exact) mass is 260 g/mol. The van der Waals surface area contributed by atoms with E-state index in [4.69, 9.17) is 0 Å². The topological polar surface area (TPSA) is 62.5 Å². The van der Waals surface area contributed by atoms with Crippen molar-refractivity contribution in [2.75, 3.05) is 13.6 Å². The van der Waals surface area contributed by atoms with Crippen molar-refractivity contribution in [3.8, 4) is 0 Å². The zero-order valence-electron chi connectivity index (χ0n) is 11.0. The van der Waals surface area contributed by atoms with Crippen molar-refractivity contribution >= 4 is 22.8 Å². The van der Waals surface area contributed by atoms with Crippen LogP contribution in [0.2, 0.25) is 0 Å². The maximum Gasteiger partial charge on any atom is 0.337 e. The fraction of sp³-hybridized carbons (Fsp3) is 0.286. The predicted molar refractivity (Wildman–Crippen MR) is 72.2 cm³/mol. The van der Waals surface area contributed by atoms with Crippen molar-refractivity contribution in [2.24, 2.45) is 0 Å². The molecule has 0 aliphatic carbocycles. The third kappa shape index (κ3) is 2.45. The Morgan fingerprint density at radius 3 is 2.68 bits per heavy atom. The van der Waals surface area contributed by atoms with E-state index in [1.54, 1.807) is 34.8 Å². The van der Waals surface area contributed by atoms with Crippen LogP contribution < -0.4 is 0 Å². The number of aromatic carboxylic acids is 1. The van der Waals surface area contributed by atoms with Crippen LogP contribution in [-0.4, -0.2) is 40.0 Å². The Hall–Kier alpha value is -2.30. The molecule has 1 aromatic carbocycles. The molecule has 0 bridgehead atoms. The quantitative estimate of drug-likeness (QED) is 0.912. The lowest BCUT2D eigenvalue weighted by Gasteiger charge is -2.15. The predicted octanol–water partition coefficient (Wildman–Crippen LogP) is 1.82. The number of amides is 1. The van der Waals surface area contributed by atoms with Crippen LogP contribution in [0.25, 0.3) is 10.9 Å². The molecule has 2 aromatic rings. The molecule has 0 unspecified atom stereocenters. The van der Waals surface area contributed by atoms with Crippen molar-refractivity contribution in [3.05, 3.63) is 36.0 Å². The first-order chi connectivity index (χ1) is 9.04. The van der Waals surface area contributed by atoms with Crippen molar-refractivity contribution in [2.45, 2.75) is 13.5 Å². The largest absolute Gasteiger partial charge is 0.478 e. The Bertz CT molecular complexity index is 631. The van der Waals surface area contributed by atoms with Gasteiger partial charge in [0, 0.05) is 25.2 Å². The van der Waals surface area contributed by atoms with E-state index >= 15 is 0 Å². The summed E-state index contributed by atoms with van der Waals surface area (Å²) in [4.78, 5) is 24.8. The molecule has 1 heterocycles. The molecule has 0 fully saturated rings. The summed E-state index contributed by atoms with van der Waals surface area (Å²) in [5, 5.41) is 10.0. The smallest absolute Gasteiger partial charge is 0.337 e. The summed E-state index contributed by atoms with van der Waals surface area (Å²) in [7, 11) is 1.73. The molecule has 5 heteroatoms. The Morgan fingerprint density at radius 2 is 2.05 bits per heavy atom. The van der Waals surface area contributed by atoms with Gasteiger partial charge in [-0.1, -0.05) is 12.1 Å². The van der Waals surface area contributed by atoms with Crippen LogP contribution in [0.4, 0.5) is 0 Å². The number of nitrogens with zero attached hydrogens (tertiary/aromatic N) is 2. The number of carboxylic acid groups (broad SMARTS) is 1. The first-order valence-corrected chi connectivity index (χ1v) is 6.09. The highest BCUT2D eigenvalue weighted by Gasteiger charge is 2.15. The van der Waals surface area contributed by atoms with Crippen LogP contribution in [0.5, 0.6) is 0 Å². The molecule has 0 saturated heterocycles. The molecule has 2 rings (SSSR count). The number of fused-ring (bicyclic) bond motifs is 1. The summed E-state index contributed by atoms with van der Waals surface area (Å²) in [6.45, 7) is 2.68. The van der Waals surface area contributed by atoms with Gasteiger partial charge in [0.05, 0.1) is 11.1 Å². The van der Waals surface area contributed by atoms with Crippen LogP contribution in [0.1, 0.15) is 17.3 Å². The lowest BCUT2D eigenvalue weighted by atomic mass is 10.1. The summed E-state index contributed by atoms with van der Waals surface area (Å²) in [6, 6.07) is 6.92. The highest BCUT2D eigenvalue weighted by Crippen LogP contribution is 2.20. The van der Waals surface area contributed by atoms with E-state index < -0.39 is 5.97 Å². The van der Waals surface area contributed by atoms with Crippen molar-refractivity contribution < 1.29 is 14.7 Å². The molecule has 1 amide bonds. The van der Waals surface area contributed by atoms with Gasteiger partial charge in [-0.3, -0.25) is 4.79 Å². The van der Waals surface area contributed by atoms with Gasteiger partial charge in [-0.2, -0.15) is 0 Å². The molecule has 0 aliphatic rings. The molecule has 0 atom stereocenters. The number of carbonyl (C=O) groups is 2. The molecule has 0 aliphatic heterocycles. The fourth-order valence-corrected chi connectivity index (χ4v) is 2.01. The number of likely N-dealkylation sites (N-methyl/N-ethyl adjacent to an activating group) is 1. The van der Waals surface area contributed by atoms with Crippen LogP contribution in [-0.2, 0) is 11.3 Å².